The van der Waals surface area contributed by atoms with Crippen LogP contribution in [0.5, 0.6) is 0 Å². The van der Waals surface area contributed by atoms with Gasteiger partial charge in [0, 0.05) is 17.1 Å². The highest BCUT2D eigenvalue weighted by molar-refractivity contribution is 5.94. The average molecular weight is 300 g/mol. The highest BCUT2D eigenvalue weighted by Gasteiger charge is 2.10. The van der Waals surface area contributed by atoms with Crippen LogP contribution in [0.25, 0.3) is 10.9 Å². The predicted molar refractivity (Wildman–Crippen MR) is 84.7 cm³/mol. The Balaban J connectivity index is 1.95. The number of fused-ring (bicyclic) bond motifs is 1. The molecule has 0 bridgehead atoms. The van der Waals surface area contributed by atoms with Crippen molar-refractivity contribution < 1.29 is 14.3 Å². The lowest BCUT2D eigenvalue weighted by molar-refractivity contribution is -0.122. The summed E-state index contributed by atoms with van der Waals surface area (Å²) in [6.07, 6.45) is 0.165. The van der Waals surface area contributed by atoms with Gasteiger partial charge in [0.25, 0.3) is 0 Å². The molecular weight excluding hydrogens is 280 g/mol. The van der Waals surface area contributed by atoms with Crippen LogP contribution in [0.4, 0.5) is 0 Å². The highest BCUT2D eigenvalue weighted by Crippen LogP contribution is 2.15. The number of benzene rings is 1. The van der Waals surface area contributed by atoms with E-state index >= 15 is 0 Å². The molecule has 5 heteroatoms. The number of rotatable bonds is 5. The molecule has 0 saturated carbocycles. The molecular formula is C17H20N2O3. The Kier molecular flexibility index (Phi) is 5.09. The maximum Gasteiger partial charge on any atom is 0.338 e. The second kappa shape index (κ2) is 7.02. The number of nitrogens with zero attached hydrogens (tertiary/aromatic N) is 1. The number of aromatic nitrogens is 1. The fraction of sp³-hybridized carbons (Fsp3) is 0.353. The molecule has 5 nitrogen and oxygen atoms in total. The molecule has 22 heavy (non-hydrogen) atoms. The summed E-state index contributed by atoms with van der Waals surface area (Å²) in [7, 11) is 0. The summed E-state index contributed by atoms with van der Waals surface area (Å²) in [6.45, 7) is 5.76. The molecule has 2 aromatic rings. The quantitative estimate of drug-likeness (QED) is 0.862. The van der Waals surface area contributed by atoms with Gasteiger partial charge in [-0.3, -0.25) is 9.78 Å². The van der Waals surface area contributed by atoms with Crippen LogP contribution in [0, 0.1) is 6.92 Å². The number of esters is 1. The van der Waals surface area contributed by atoms with Gasteiger partial charge in [-0.05, 0) is 45.0 Å². The maximum absolute atomic E-state index is 12.0. The van der Waals surface area contributed by atoms with Gasteiger partial charge < -0.3 is 10.1 Å². The molecule has 0 spiro atoms. The average Bonchev–Trinajstić information content (AvgIpc) is 2.45. The van der Waals surface area contributed by atoms with E-state index in [0.29, 0.717) is 5.56 Å². The summed E-state index contributed by atoms with van der Waals surface area (Å²) in [4.78, 5) is 27.8. The van der Waals surface area contributed by atoms with Crippen LogP contribution in [0.2, 0.25) is 0 Å². The molecule has 2 rings (SSSR count). The monoisotopic (exact) mass is 300 g/mol. The van der Waals surface area contributed by atoms with Crippen molar-refractivity contribution in [2.45, 2.75) is 33.2 Å². The van der Waals surface area contributed by atoms with Gasteiger partial charge in [-0.25, -0.2) is 4.79 Å². The number of hydrogen-bond donors (Lipinski definition) is 1. The molecule has 0 unspecified atom stereocenters. The zero-order chi connectivity index (χ0) is 16.1. The number of nitrogens with one attached hydrogen (secondary N) is 1. The van der Waals surface area contributed by atoms with Gasteiger partial charge >= 0.3 is 5.97 Å². The molecule has 1 N–H and O–H groups in total. The molecule has 116 valence electrons. The van der Waals surface area contributed by atoms with E-state index in [1.54, 1.807) is 18.2 Å². The molecule has 1 amide bonds. The Morgan fingerprint density at radius 2 is 2.00 bits per heavy atom. The number of carbonyl (C=O) groups excluding carboxylic acids is 2. The Morgan fingerprint density at radius 3 is 2.73 bits per heavy atom. The van der Waals surface area contributed by atoms with Crippen molar-refractivity contribution in [2.24, 2.45) is 0 Å². The van der Waals surface area contributed by atoms with Gasteiger partial charge in [0.05, 0.1) is 17.5 Å². The van der Waals surface area contributed by atoms with Crippen LogP contribution in [0.3, 0.4) is 0 Å². The van der Waals surface area contributed by atoms with Crippen molar-refractivity contribution in [3.8, 4) is 0 Å². The van der Waals surface area contributed by atoms with E-state index in [1.807, 2.05) is 32.9 Å². The van der Waals surface area contributed by atoms with E-state index in [2.05, 4.69) is 10.3 Å². The van der Waals surface area contributed by atoms with E-state index in [0.717, 1.165) is 16.6 Å². The summed E-state index contributed by atoms with van der Waals surface area (Å²) in [5.41, 5.74) is 2.23. The second-order valence-electron chi connectivity index (χ2n) is 5.47. The highest BCUT2D eigenvalue weighted by atomic mass is 16.5. The van der Waals surface area contributed by atoms with Gasteiger partial charge in [0.1, 0.15) is 6.61 Å². The first-order chi connectivity index (χ1) is 10.5. The van der Waals surface area contributed by atoms with Crippen LogP contribution in [0.15, 0.2) is 30.3 Å². The van der Waals surface area contributed by atoms with E-state index in [-0.39, 0.29) is 25.0 Å². The lowest BCUT2D eigenvalue weighted by Gasteiger charge is -2.09. The number of carbonyl (C=O) groups is 2. The Labute approximate surface area is 129 Å². The lowest BCUT2D eigenvalue weighted by atomic mass is 10.1. The third kappa shape index (κ3) is 4.28. The Hall–Kier alpha value is -2.43. The summed E-state index contributed by atoms with van der Waals surface area (Å²) in [6, 6.07) is 9.13. The van der Waals surface area contributed by atoms with Crippen molar-refractivity contribution in [1.29, 1.82) is 0 Å². The first kappa shape index (κ1) is 15.9. The third-order valence-corrected chi connectivity index (χ3v) is 3.08. The fourth-order valence-electron chi connectivity index (χ4n) is 2.07. The van der Waals surface area contributed by atoms with Crippen LogP contribution in [-0.4, -0.2) is 29.5 Å². The van der Waals surface area contributed by atoms with Crippen molar-refractivity contribution >= 4 is 22.8 Å². The Morgan fingerprint density at radius 1 is 1.23 bits per heavy atom. The van der Waals surface area contributed by atoms with Gasteiger partial charge in [0.2, 0.25) is 5.91 Å². The molecule has 0 aliphatic carbocycles. The normalized spacial score (nSPS) is 10.7. The zero-order valence-corrected chi connectivity index (χ0v) is 13.1. The summed E-state index contributed by atoms with van der Waals surface area (Å²) in [5, 5.41) is 3.63. The van der Waals surface area contributed by atoms with E-state index < -0.39 is 5.97 Å². The van der Waals surface area contributed by atoms with E-state index in [9.17, 15) is 9.59 Å². The summed E-state index contributed by atoms with van der Waals surface area (Å²) in [5.74, 6) is -0.555. The van der Waals surface area contributed by atoms with Crippen molar-refractivity contribution in [3.05, 3.63) is 41.6 Å². The Bertz CT molecular complexity index is 695. The standard InChI is InChI=1S/C17H20N2O3/c1-11(2)18-16(20)8-9-22-17(21)14-6-7-15-13(10-14)5-4-12(3)19-15/h4-7,10-11H,8-9H2,1-3H3,(H,18,20). The minimum absolute atomic E-state index is 0.0710. The molecule has 1 heterocycles. The number of hydrogen-bond acceptors (Lipinski definition) is 4. The minimum atomic E-state index is -0.431. The van der Waals surface area contributed by atoms with Crippen LogP contribution in [-0.2, 0) is 9.53 Å². The van der Waals surface area contributed by atoms with Gasteiger partial charge in [-0.15, -0.1) is 0 Å². The molecule has 0 saturated heterocycles. The smallest absolute Gasteiger partial charge is 0.338 e. The summed E-state index contributed by atoms with van der Waals surface area (Å²) >= 11 is 0. The molecule has 0 radical (unpaired) electrons. The van der Waals surface area contributed by atoms with Crippen LogP contribution >= 0.6 is 0 Å². The maximum atomic E-state index is 12.0. The second-order valence-corrected chi connectivity index (χ2v) is 5.47. The van der Waals surface area contributed by atoms with Crippen LogP contribution < -0.4 is 5.32 Å². The van der Waals surface area contributed by atoms with Crippen molar-refractivity contribution in [1.82, 2.24) is 10.3 Å². The number of amides is 1. The van der Waals surface area contributed by atoms with E-state index in [4.69, 9.17) is 4.74 Å². The van der Waals surface area contributed by atoms with Gasteiger partial charge in [-0.2, -0.15) is 0 Å². The lowest BCUT2D eigenvalue weighted by Crippen LogP contribution is -2.31. The largest absolute Gasteiger partial charge is 0.462 e. The van der Waals surface area contributed by atoms with Gasteiger partial charge in [0.15, 0.2) is 0 Å². The predicted octanol–water partition coefficient (Wildman–Crippen LogP) is 2.61. The number of pyridine rings is 1. The fourth-order valence-corrected chi connectivity index (χ4v) is 2.07. The van der Waals surface area contributed by atoms with Crippen molar-refractivity contribution in [3.63, 3.8) is 0 Å². The molecule has 0 atom stereocenters. The molecule has 1 aromatic carbocycles. The first-order valence-electron chi connectivity index (χ1n) is 7.29. The SMILES string of the molecule is Cc1ccc2cc(C(=O)OCCC(=O)NC(C)C)ccc2n1. The molecule has 0 aliphatic rings. The topological polar surface area (TPSA) is 68.3 Å². The third-order valence-electron chi connectivity index (χ3n) is 3.08. The number of aryl methyl sites for hydroxylation is 1. The molecule has 0 fully saturated rings. The molecule has 0 aliphatic heterocycles. The zero-order valence-electron chi connectivity index (χ0n) is 13.1. The van der Waals surface area contributed by atoms with Crippen molar-refractivity contribution in [2.75, 3.05) is 6.61 Å². The first-order valence-corrected chi connectivity index (χ1v) is 7.29. The van der Waals surface area contributed by atoms with Crippen LogP contribution in [0.1, 0.15) is 36.3 Å². The minimum Gasteiger partial charge on any atom is -0.462 e. The van der Waals surface area contributed by atoms with Gasteiger partial charge in [-0.1, -0.05) is 6.07 Å². The van der Waals surface area contributed by atoms with E-state index in [1.165, 1.54) is 0 Å². The summed E-state index contributed by atoms with van der Waals surface area (Å²) < 4.78 is 5.13. The molecule has 1 aromatic heterocycles. The number of ether oxygens (including phenoxy) is 1.